The zero-order valence-electron chi connectivity index (χ0n) is 14.1. The smallest absolute Gasteiger partial charge is 0.429 e. The molecular weight excluding hydrogens is 296 g/mol. The first-order chi connectivity index (χ1) is 10.9. The third-order valence-corrected chi connectivity index (χ3v) is 3.37. The predicted octanol–water partition coefficient (Wildman–Crippen LogP) is 3.22. The highest BCUT2D eigenvalue weighted by atomic mass is 16.6. The van der Waals surface area contributed by atoms with Crippen LogP contribution in [0.2, 0.25) is 0 Å². The SMILES string of the molecule is CC(C)OC(=O)N1CC(Cc2ccccc2)N1C(=O)OC(C)C. The molecule has 2 amide bonds. The molecule has 1 aliphatic heterocycles. The Hall–Kier alpha value is -2.24. The second-order valence-electron chi connectivity index (χ2n) is 6.14. The molecule has 0 N–H and O–H groups in total. The van der Waals surface area contributed by atoms with Gasteiger partial charge in [-0.2, -0.15) is 0 Å². The van der Waals surface area contributed by atoms with Crippen molar-refractivity contribution in [3.05, 3.63) is 35.9 Å². The monoisotopic (exact) mass is 320 g/mol. The van der Waals surface area contributed by atoms with Crippen LogP contribution in [0.25, 0.3) is 0 Å². The van der Waals surface area contributed by atoms with Crippen LogP contribution in [0.4, 0.5) is 9.59 Å². The number of hydrazine groups is 1. The summed E-state index contributed by atoms with van der Waals surface area (Å²) in [5.74, 6) is 0. The van der Waals surface area contributed by atoms with Crippen LogP contribution in [0.3, 0.4) is 0 Å². The van der Waals surface area contributed by atoms with Gasteiger partial charge in [0.05, 0.1) is 24.8 Å². The van der Waals surface area contributed by atoms with Crippen molar-refractivity contribution in [2.75, 3.05) is 6.54 Å². The maximum Gasteiger partial charge on any atom is 0.429 e. The number of amides is 2. The van der Waals surface area contributed by atoms with Crippen LogP contribution in [0.15, 0.2) is 30.3 Å². The number of nitrogens with zero attached hydrogens (tertiary/aromatic N) is 2. The van der Waals surface area contributed by atoms with Gasteiger partial charge in [-0.15, -0.1) is 0 Å². The van der Waals surface area contributed by atoms with E-state index in [1.54, 1.807) is 27.7 Å². The quantitative estimate of drug-likeness (QED) is 0.854. The van der Waals surface area contributed by atoms with Gasteiger partial charge in [-0.25, -0.2) is 19.6 Å². The molecule has 1 aliphatic rings. The van der Waals surface area contributed by atoms with Crippen LogP contribution < -0.4 is 0 Å². The Bertz CT molecular complexity index is 545. The second-order valence-corrected chi connectivity index (χ2v) is 6.14. The molecule has 2 rings (SSSR count). The average molecular weight is 320 g/mol. The predicted molar refractivity (Wildman–Crippen MR) is 85.7 cm³/mol. The maximum atomic E-state index is 12.3. The third-order valence-electron chi connectivity index (χ3n) is 3.37. The van der Waals surface area contributed by atoms with Gasteiger partial charge in [0.25, 0.3) is 0 Å². The minimum Gasteiger partial charge on any atom is -0.445 e. The molecule has 1 saturated heterocycles. The Balaban J connectivity index is 2.07. The molecule has 1 atom stereocenters. The molecule has 0 aliphatic carbocycles. The van der Waals surface area contributed by atoms with Crippen molar-refractivity contribution < 1.29 is 19.1 Å². The number of carbonyl (C=O) groups is 2. The summed E-state index contributed by atoms with van der Waals surface area (Å²) in [5.41, 5.74) is 1.11. The van der Waals surface area contributed by atoms with E-state index in [-0.39, 0.29) is 18.2 Å². The topological polar surface area (TPSA) is 59.1 Å². The lowest BCUT2D eigenvalue weighted by Gasteiger charge is -2.48. The lowest BCUT2D eigenvalue weighted by atomic mass is 10.0. The van der Waals surface area contributed by atoms with Gasteiger partial charge in [0.1, 0.15) is 0 Å². The summed E-state index contributed by atoms with van der Waals surface area (Å²) in [6.07, 6.45) is -0.862. The normalized spacial score (nSPS) is 17.2. The molecule has 0 saturated carbocycles. The zero-order chi connectivity index (χ0) is 17.0. The fourth-order valence-electron chi connectivity index (χ4n) is 2.43. The zero-order valence-corrected chi connectivity index (χ0v) is 14.1. The number of benzene rings is 1. The van der Waals surface area contributed by atoms with Crippen LogP contribution in [0, 0.1) is 0 Å². The lowest BCUT2D eigenvalue weighted by Crippen LogP contribution is -2.69. The van der Waals surface area contributed by atoms with Gasteiger partial charge >= 0.3 is 12.2 Å². The fraction of sp³-hybridized carbons (Fsp3) is 0.529. The summed E-state index contributed by atoms with van der Waals surface area (Å²) < 4.78 is 10.4. The van der Waals surface area contributed by atoms with Gasteiger partial charge in [-0.1, -0.05) is 30.3 Å². The highest BCUT2D eigenvalue weighted by molar-refractivity contribution is 5.76. The van der Waals surface area contributed by atoms with Crippen molar-refractivity contribution in [3.8, 4) is 0 Å². The van der Waals surface area contributed by atoms with E-state index in [1.165, 1.54) is 10.0 Å². The van der Waals surface area contributed by atoms with Crippen LogP contribution >= 0.6 is 0 Å². The molecule has 0 radical (unpaired) electrons. The standard InChI is InChI=1S/C17H24N2O4/c1-12(2)22-16(20)18-11-15(10-14-8-6-5-7-9-14)19(18)17(21)23-13(3)4/h5-9,12-13,15H,10-11H2,1-4H3. The van der Waals surface area contributed by atoms with Crippen LogP contribution in [-0.2, 0) is 15.9 Å². The third kappa shape index (κ3) is 4.37. The number of ether oxygens (including phenoxy) is 2. The van der Waals surface area contributed by atoms with E-state index in [2.05, 4.69) is 0 Å². The average Bonchev–Trinajstić information content (AvgIpc) is 2.42. The van der Waals surface area contributed by atoms with E-state index >= 15 is 0 Å². The van der Waals surface area contributed by atoms with Gasteiger partial charge < -0.3 is 9.47 Å². The van der Waals surface area contributed by atoms with Crippen molar-refractivity contribution in [2.45, 2.75) is 52.4 Å². The van der Waals surface area contributed by atoms with E-state index in [0.717, 1.165) is 5.56 Å². The highest BCUT2D eigenvalue weighted by Gasteiger charge is 2.45. The molecule has 1 aromatic rings. The first-order valence-corrected chi connectivity index (χ1v) is 7.90. The molecule has 126 valence electrons. The van der Waals surface area contributed by atoms with E-state index < -0.39 is 12.2 Å². The number of carbonyl (C=O) groups excluding carboxylic acids is 2. The molecule has 6 heteroatoms. The molecule has 1 unspecified atom stereocenters. The largest absolute Gasteiger partial charge is 0.445 e. The number of rotatable bonds is 4. The number of hydrogen-bond acceptors (Lipinski definition) is 4. The van der Waals surface area contributed by atoms with Crippen LogP contribution in [-0.4, -0.2) is 47.0 Å². The summed E-state index contributed by atoms with van der Waals surface area (Å²) in [6, 6.07) is 9.75. The summed E-state index contributed by atoms with van der Waals surface area (Å²) in [5, 5.41) is 2.66. The van der Waals surface area contributed by atoms with Crippen LogP contribution in [0.5, 0.6) is 0 Å². The van der Waals surface area contributed by atoms with Gasteiger partial charge in [0.15, 0.2) is 0 Å². The Morgan fingerprint density at radius 2 is 1.61 bits per heavy atom. The van der Waals surface area contributed by atoms with Crippen molar-refractivity contribution in [3.63, 3.8) is 0 Å². The van der Waals surface area contributed by atoms with E-state index in [0.29, 0.717) is 13.0 Å². The molecule has 0 bridgehead atoms. The molecule has 1 aromatic carbocycles. The maximum absolute atomic E-state index is 12.3. The summed E-state index contributed by atoms with van der Waals surface area (Å²) in [4.78, 5) is 24.4. The summed E-state index contributed by atoms with van der Waals surface area (Å²) in [7, 11) is 0. The van der Waals surface area contributed by atoms with Crippen molar-refractivity contribution in [2.24, 2.45) is 0 Å². The highest BCUT2D eigenvalue weighted by Crippen LogP contribution is 2.25. The second kappa shape index (κ2) is 7.35. The Morgan fingerprint density at radius 3 is 2.17 bits per heavy atom. The Morgan fingerprint density at radius 1 is 1.04 bits per heavy atom. The van der Waals surface area contributed by atoms with E-state index in [1.807, 2.05) is 30.3 Å². The molecule has 0 aromatic heterocycles. The van der Waals surface area contributed by atoms with Gasteiger partial charge in [0.2, 0.25) is 0 Å². The van der Waals surface area contributed by atoms with E-state index in [9.17, 15) is 9.59 Å². The molecule has 1 heterocycles. The molecular formula is C17H24N2O4. The number of hydrogen-bond donors (Lipinski definition) is 0. The first-order valence-electron chi connectivity index (χ1n) is 7.90. The fourth-order valence-corrected chi connectivity index (χ4v) is 2.43. The van der Waals surface area contributed by atoms with Crippen molar-refractivity contribution >= 4 is 12.2 Å². The minimum atomic E-state index is -0.523. The molecule has 0 spiro atoms. The Kier molecular flexibility index (Phi) is 5.47. The summed E-state index contributed by atoms with van der Waals surface area (Å²) in [6.45, 7) is 7.54. The minimum absolute atomic E-state index is 0.108. The molecule has 23 heavy (non-hydrogen) atoms. The molecule has 6 nitrogen and oxygen atoms in total. The van der Waals surface area contributed by atoms with Gasteiger partial charge in [-0.3, -0.25) is 0 Å². The Labute approximate surface area is 136 Å². The molecule has 1 fully saturated rings. The van der Waals surface area contributed by atoms with Gasteiger partial charge in [0, 0.05) is 0 Å². The van der Waals surface area contributed by atoms with Crippen molar-refractivity contribution in [1.82, 2.24) is 10.0 Å². The first kappa shape index (κ1) is 17.1. The van der Waals surface area contributed by atoms with Crippen molar-refractivity contribution in [1.29, 1.82) is 0 Å². The summed E-state index contributed by atoms with van der Waals surface area (Å²) >= 11 is 0. The van der Waals surface area contributed by atoms with Crippen LogP contribution in [0.1, 0.15) is 33.3 Å². The van der Waals surface area contributed by atoms with E-state index in [4.69, 9.17) is 9.47 Å². The van der Waals surface area contributed by atoms with Gasteiger partial charge in [-0.05, 0) is 39.7 Å². The lowest BCUT2D eigenvalue weighted by molar-refractivity contribution is -0.127.